The molecule has 5 nitrogen and oxygen atoms in total. The van der Waals surface area contributed by atoms with Crippen LogP contribution in [-0.2, 0) is 0 Å². The molecule has 4 aromatic rings. The van der Waals surface area contributed by atoms with E-state index in [1.54, 1.807) is 18.3 Å². The molecule has 116 valence electrons. The largest absolute Gasteiger partial charge is 0.618 e. The molecule has 0 spiro atoms. The minimum atomic E-state index is 0.515. The predicted molar refractivity (Wildman–Crippen MR) is 93.0 cm³/mol. The molecule has 0 fully saturated rings. The molecule has 0 saturated heterocycles. The average Bonchev–Trinajstić information content (AvgIpc) is 3.13. The zero-order chi connectivity index (χ0) is 16.4. The Hall–Kier alpha value is -3.12. The maximum atomic E-state index is 11.9. The van der Waals surface area contributed by atoms with Gasteiger partial charge < -0.3 is 5.21 Å². The van der Waals surface area contributed by atoms with Crippen LogP contribution in [0.2, 0.25) is 0 Å². The van der Waals surface area contributed by atoms with Crippen molar-refractivity contribution in [2.75, 3.05) is 0 Å². The molecule has 6 heteroatoms. The van der Waals surface area contributed by atoms with Crippen molar-refractivity contribution < 1.29 is 4.73 Å². The number of hydrogen-bond donors (Lipinski definition) is 0. The summed E-state index contributed by atoms with van der Waals surface area (Å²) >= 11 is 1.51. The van der Waals surface area contributed by atoms with Gasteiger partial charge in [0.05, 0.1) is 11.4 Å². The first kappa shape index (κ1) is 14.5. The van der Waals surface area contributed by atoms with Gasteiger partial charge in [-0.05, 0) is 30.3 Å². The highest BCUT2D eigenvalue weighted by Gasteiger charge is 2.13. The first-order valence-electron chi connectivity index (χ1n) is 7.34. The van der Waals surface area contributed by atoms with Gasteiger partial charge in [-0.25, -0.2) is 9.97 Å². The lowest BCUT2D eigenvalue weighted by atomic mass is 10.2. The Labute approximate surface area is 142 Å². The quantitative estimate of drug-likeness (QED) is 0.425. The van der Waals surface area contributed by atoms with E-state index in [0.29, 0.717) is 11.4 Å². The zero-order valence-electron chi connectivity index (χ0n) is 12.5. The molecule has 0 radical (unpaired) electrons. The SMILES string of the molecule is [O-][n+]1ccccc1-c1cccc(-c2nc(-c3ccccn3)cs2)n1. The summed E-state index contributed by atoms with van der Waals surface area (Å²) in [6, 6.07) is 16.6. The van der Waals surface area contributed by atoms with E-state index in [1.807, 2.05) is 47.8 Å². The number of pyridine rings is 3. The van der Waals surface area contributed by atoms with Gasteiger partial charge in [0.15, 0.2) is 6.20 Å². The Morgan fingerprint density at radius 1 is 0.792 bits per heavy atom. The number of thiazole rings is 1. The van der Waals surface area contributed by atoms with Crippen molar-refractivity contribution in [1.82, 2.24) is 15.0 Å². The lowest BCUT2D eigenvalue weighted by Crippen LogP contribution is -2.28. The molecule has 24 heavy (non-hydrogen) atoms. The molecule has 0 bridgehead atoms. The van der Waals surface area contributed by atoms with Crippen LogP contribution in [0.1, 0.15) is 0 Å². The summed E-state index contributed by atoms with van der Waals surface area (Å²) in [5.41, 5.74) is 3.53. The average molecular weight is 332 g/mol. The van der Waals surface area contributed by atoms with Crippen LogP contribution < -0.4 is 4.73 Å². The maximum Gasteiger partial charge on any atom is 0.242 e. The van der Waals surface area contributed by atoms with E-state index >= 15 is 0 Å². The fourth-order valence-corrected chi connectivity index (χ4v) is 3.13. The van der Waals surface area contributed by atoms with Gasteiger partial charge in [0, 0.05) is 23.7 Å². The third-order valence-corrected chi connectivity index (χ3v) is 4.35. The van der Waals surface area contributed by atoms with Crippen LogP contribution in [0, 0.1) is 5.21 Å². The monoisotopic (exact) mass is 332 g/mol. The van der Waals surface area contributed by atoms with Crippen molar-refractivity contribution in [3.05, 3.63) is 77.6 Å². The van der Waals surface area contributed by atoms with Crippen molar-refractivity contribution in [2.24, 2.45) is 0 Å². The van der Waals surface area contributed by atoms with Crippen LogP contribution >= 0.6 is 11.3 Å². The number of hydrogen-bond acceptors (Lipinski definition) is 5. The van der Waals surface area contributed by atoms with Gasteiger partial charge >= 0.3 is 0 Å². The Kier molecular flexibility index (Phi) is 3.72. The number of nitrogens with zero attached hydrogens (tertiary/aromatic N) is 4. The topological polar surface area (TPSA) is 65.6 Å². The van der Waals surface area contributed by atoms with Gasteiger partial charge in [-0.2, -0.15) is 4.73 Å². The van der Waals surface area contributed by atoms with Crippen LogP contribution in [0.3, 0.4) is 0 Å². The Balaban J connectivity index is 1.72. The highest BCUT2D eigenvalue weighted by Crippen LogP contribution is 2.27. The zero-order valence-corrected chi connectivity index (χ0v) is 13.4. The molecule has 0 atom stereocenters. The number of rotatable bonds is 3. The van der Waals surface area contributed by atoms with E-state index in [-0.39, 0.29) is 0 Å². The van der Waals surface area contributed by atoms with Crippen molar-refractivity contribution >= 4 is 11.3 Å². The van der Waals surface area contributed by atoms with Gasteiger partial charge in [-0.15, -0.1) is 11.3 Å². The normalized spacial score (nSPS) is 10.7. The van der Waals surface area contributed by atoms with Crippen molar-refractivity contribution in [3.63, 3.8) is 0 Å². The first-order valence-corrected chi connectivity index (χ1v) is 8.22. The van der Waals surface area contributed by atoms with Gasteiger partial charge in [0.1, 0.15) is 16.4 Å². The van der Waals surface area contributed by atoms with E-state index in [0.717, 1.165) is 26.8 Å². The molecule has 0 unspecified atom stereocenters. The van der Waals surface area contributed by atoms with Gasteiger partial charge in [-0.1, -0.05) is 12.1 Å². The summed E-state index contributed by atoms with van der Waals surface area (Å²) in [5, 5.41) is 14.7. The molecule has 0 aliphatic rings. The fourth-order valence-electron chi connectivity index (χ4n) is 2.35. The van der Waals surface area contributed by atoms with Crippen LogP contribution in [0.15, 0.2) is 72.4 Å². The maximum absolute atomic E-state index is 11.9. The summed E-state index contributed by atoms with van der Waals surface area (Å²) in [6.07, 6.45) is 3.21. The van der Waals surface area contributed by atoms with Gasteiger partial charge in [0.2, 0.25) is 5.69 Å². The molecular weight excluding hydrogens is 320 g/mol. The molecule has 4 aromatic heterocycles. The molecule has 0 amide bonds. The molecule has 0 aliphatic carbocycles. The minimum Gasteiger partial charge on any atom is -0.618 e. The molecule has 4 rings (SSSR count). The second kappa shape index (κ2) is 6.17. The first-order chi connectivity index (χ1) is 11.8. The lowest BCUT2D eigenvalue weighted by Gasteiger charge is -2.04. The van der Waals surface area contributed by atoms with Gasteiger partial charge in [0.25, 0.3) is 0 Å². The standard InChI is InChI=1S/C18H12N4OS/c23-22-11-4-2-9-17(22)14-7-5-8-15(20-14)18-21-16(12-24-18)13-6-1-3-10-19-13/h1-12H. The van der Waals surface area contributed by atoms with Gasteiger partial charge in [-0.3, -0.25) is 4.98 Å². The van der Waals surface area contributed by atoms with E-state index < -0.39 is 0 Å². The molecule has 0 saturated carbocycles. The second-order valence-corrected chi connectivity index (χ2v) is 5.93. The number of aromatic nitrogens is 4. The molecule has 0 aliphatic heterocycles. The Morgan fingerprint density at radius 3 is 2.46 bits per heavy atom. The van der Waals surface area contributed by atoms with E-state index in [2.05, 4.69) is 15.0 Å². The highest BCUT2D eigenvalue weighted by atomic mass is 32.1. The van der Waals surface area contributed by atoms with Crippen LogP contribution in [-0.4, -0.2) is 15.0 Å². The third-order valence-electron chi connectivity index (χ3n) is 3.49. The Morgan fingerprint density at radius 2 is 1.62 bits per heavy atom. The molecule has 0 N–H and O–H groups in total. The lowest BCUT2D eigenvalue weighted by molar-refractivity contribution is -0.593. The predicted octanol–water partition coefficient (Wildman–Crippen LogP) is 3.57. The minimum absolute atomic E-state index is 0.515. The van der Waals surface area contributed by atoms with Crippen LogP contribution in [0.25, 0.3) is 33.5 Å². The summed E-state index contributed by atoms with van der Waals surface area (Å²) in [7, 11) is 0. The summed E-state index contributed by atoms with van der Waals surface area (Å²) in [5.74, 6) is 0. The molecular formula is C18H12N4OS. The van der Waals surface area contributed by atoms with Crippen molar-refractivity contribution in [2.45, 2.75) is 0 Å². The van der Waals surface area contributed by atoms with Crippen LogP contribution in [0.4, 0.5) is 0 Å². The van der Waals surface area contributed by atoms with E-state index in [1.165, 1.54) is 17.5 Å². The fraction of sp³-hybridized carbons (Fsp3) is 0. The smallest absolute Gasteiger partial charge is 0.242 e. The van der Waals surface area contributed by atoms with Crippen molar-refractivity contribution in [1.29, 1.82) is 0 Å². The Bertz CT molecular complexity index is 985. The van der Waals surface area contributed by atoms with Crippen molar-refractivity contribution in [3.8, 4) is 33.5 Å². The van der Waals surface area contributed by atoms with E-state index in [4.69, 9.17) is 0 Å². The molecule has 0 aromatic carbocycles. The second-order valence-electron chi connectivity index (χ2n) is 5.07. The van der Waals surface area contributed by atoms with Crippen LogP contribution in [0.5, 0.6) is 0 Å². The van der Waals surface area contributed by atoms with E-state index in [9.17, 15) is 5.21 Å². The highest BCUT2D eigenvalue weighted by molar-refractivity contribution is 7.13. The summed E-state index contributed by atoms with van der Waals surface area (Å²) < 4.78 is 0.813. The summed E-state index contributed by atoms with van der Waals surface area (Å²) in [4.78, 5) is 13.5. The third kappa shape index (κ3) is 2.75. The molecule has 4 heterocycles. The summed E-state index contributed by atoms with van der Waals surface area (Å²) in [6.45, 7) is 0.